The molecule has 1 spiro atoms. The Morgan fingerprint density at radius 1 is 1.06 bits per heavy atom. The summed E-state index contributed by atoms with van der Waals surface area (Å²) in [6.07, 6.45) is 7.68. The van der Waals surface area contributed by atoms with Gasteiger partial charge in [0.15, 0.2) is 0 Å². The van der Waals surface area contributed by atoms with Gasteiger partial charge in [-0.2, -0.15) is 0 Å². The number of amides is 2. The van der Waals surface area contributed by atoms with Crippen LogP contribution in [0.3, 0.4) is 0 Å². The van der Waals surface area contributed by atoms with Crippen LogP contribution >= 0.6 is 0 Å². The SMILES string of the molecule is CC[C@@]12C=CCOC(=O)[C@@H]1[C@H]1C(=O)N(CCO)C3C(=O)N(c4c(C)cccc4C)CC=C[C@@]31O2. The summed E-state index contributed by atoms with van der Waals surface area (Å²) in [6.45, 7) is 5.90. The number of fused-ring (bicyclic) bond motifs is 2. The second-order valence-electron chi connectivity index (χ2n) is 9.50. The Balaban J connectivity index is 1.69. The average Bonchev–Trinajstić information content (AvgIpc) is 3.07. The van der Waals surface area contributed by atoms with Crippen molar-refractivity contribution in [3.8, 4) is 0 Å². The van der Waals surface area contributed by atoms with Crippen LogP contribution < -0.4 is 4.90 Å². The topological polar surface area (TPSA) is 96.4 Å². The number of esters is 1. The van der Waals surface area contributed by atoms with E-state index in [-0.39, 0.29) is 31.6 Å². The maximum atomic E-state index is 14.2. The molecule has 4 heterocycles. The Kier molecular flexibility index (Phi) is 5.41. The normalized spacial score (nSPS) is 34.5. The molecule has 1 unspecified atom stereocenters. The number of carbonyl (C=O) groups excluding carboxylic acids is 3. The first-order valence-corrected chi connectivity index (χ1v) is 11.8. The highest BCUT2D eigenvalue weighted by Gasteiger charge is 2.75. The Labute approximate surface area is 198 Å². The number of β-amino-alcohol motifs (C(OH)–C–C–N with tert-alkyl or cyclic N) is 1. The van der Waals surface area contributed by atoms with Gasteiger partial charge in [-0.3, -0.25) is 14.4 Å². The molecule has 180 valence electrons. The fourth-order valence-corrected chi connectivity index (χ4v) is 6.38. The maximum absolute atomic E-state index is 14.2. The van der Waals surface area contributed by atoms with Crippen LogP contribution in [-0.4, -0.2) is 71.3 Å². The molecule has 2 saturated heterocycles. The molecule has 0 radical (unpaired) electrons. The smallest absolute Gasteiger partial charge is 0.313 e. The highest BCUT2D eigenvalue weighted by molar-refractivity contribution is 6.06. The molecule has 1 N–H and O–H groups in total. The summed E-state index contributed by atoms with van der Waals surface area (Å²) >= 11 is 0. The van der Waals surface area contributed by atoms with Crippen LogP contribution in [0.4, 0.5) is 5.69 Å². The molecule has 4 aliphatic heterocycles. The zero-order valence-corrected chi connectivity index (χ0v) is 19.7. The number of aliphatic hydroxyl groups excluding tert-OH is 1. The Hall–Kier alpha value is -2.97. The molecule has 2 amide bonds. The molecule has 2 fully saturated rings. The number of nitrogens with zero attached hydrogens (tertiary/aromatic N) is 2. The molecule has 1 aromatic carbocycles. The van der Waals surface area contributed by atoms with Gasteiger partial charge in [-0.1, -0.05) is 43.4 Å². The minimum atomic E-state index is -1.34. The number of para-hydroxylation sites is 1. The van der Waals surface area contributed by atoms with Crippen LogP contribution in [0.5, 0.6) is 0 Å². The third kappa shape index (κ3) is 2.94. The van der Waals surface area contributed by atoms with Crippen molar-refractivity contribution in [2.24, 2.45) is 11.8 Å². The molecule has 0 aromatic heterocycles. The summed E-state index contributed by atoms with van der Waals surface area (Å²) < 4.78 is 12.2. The predicted molar refractivity (Wildman–Crippen MR) is 124 cm³/mol. The lowest BCUT2D eigenvalue weighted by atomic mass is 9.73. The van der Waals surface area contributed by atoms with E-state index in [0.717, 1.165) is 16.8 Å². The van der Waals surface area contributed by atoms with Crippen LogP contribution in [0.25, 0.3) is 0 Å². The third-order valence-electron chi connectivity index (χ3n) is 7.75. The van der Waals surface area contributed by atoms with Crippen LogP contribution in [0.1, 0.15) is 24.5 Å². The number of hydrogen-bond donors (Lipinski definition) is 1. The highest BCUT2D eigenvalue weighted by atomic mass is 16.6. The lowest BCUT2D eigenvalue weighted by Crippen LogP contribution is -2.56. The number of hydrogen-bond acceptors (Lipinski definition) is 6. The van der Waals surface area contributed by atoms with E-state index in [2.05, 4.69) is 0 Å². The molecule has 5 atom stereocenters. The lowest BCUT2D eigenvalue weighted by Gasteiger charge is -2.38. The first kappa shape index (κ1) is 22.8. The van der Waals surface area contributed by atoms with Crippen molar-refractivity contribution in [1.82, 2.24) is 4.90 Å². The van der Waals surface area contributed by atoms with E-state index in [1.807, 2.05) is 51.1 Å². The van der Waals surface area contributed by atoms with Gasteiger partial charge in [0.2, 0.25) is 5.91 Å². The quantitative estimate of drug-likeness (QED) is 0.536. The largest absolute Gasteiger partial charge is 0.461 e. The summed E-state index contributed by atoms with van der Waals surface area (Å²) in [5.74, 6) is -2.94. The van der Waals surface area contributed by atoms with Crippen molar-refractivity contribution in [3.05, 3.63) is 53.6 Å². The zero-order chi connectivity index (χ0) is 24.3. The van der Waals surface area contributed by atoms with Crippen molar-refractivity contribution in [2.45, 2.75) is 44.4 Å². The van der Waals surface area contributed by atoms with Gasteiger partial charge in [0.25, 0.3) is 5.91 Å². The first-order valence-electron chi connectivity index (χ1n) is 11.8. The first-order chi connectivity index (χ1) is 16.3. The van der Waals surface area contributed by atoms with E-state index in [1.54, 1.807) is 17.1 Å². The van der Waals surface area contributed by atoms with E-state index in [1.165, 1.54) is 4.90 Å². The minimum Gasteiger partial charge on any atom is -0.461 e. The van der Waals surface area contributed by atoms with Crippen molar-refractivity contribution in [2.75, 3.05) is 31.2 Å². The molecule has 0 aliphatic carbocycles. The maximum Gasteiger partial charge on any atom is 0.313 e. The number of benzene rings is 1. The van der Waals surface area contributed by atoms with Crippen molar-refractivity contribution >= 4 is 23.5 Å². The van der Waals surface area contributed by atoms with Crippen LogP contribution in [0.2, 0.25) is 0 Å². The summed E-state index contributed by atoms with van der Waals surface area (Å²) in [4.78, 5) is 44.3. The monoisotopic (exact) mass is 466 g/mol. The van der Waals surface area contributed by atoms with Crippen LogP contribution in [0, 0.1) is 25.7 Å². The van der Waals surface area contributed by atoms with Crippen molar-refractivity contribution in [1.29, 1.82) is 0 Å². The number of ether oxygens (including phenoxy) is 2. The van der Waals surface area contributed by atoms with Crippen molar-refractivity contribution < 1.29 is 29.0 Å². The zero-order valence-electron chi connectivity index (χ0n) is 19.7. The summed E-state index contributed by atoms with van der Waals surface area (Å²) in [6, 6.07) is 4.83. The van der Waals surface area contributed by atoms with E-state index in [0.29, 0.717) is 13.0 Å². The summed E-state index contributed by atoms with van der Waals surface area (Å²) in [7, 11) is 0. The fourth-order valence-electron chi connectivity index (χ4n) is 6.38. The van der Waals surface area contributed by atoms with Crippen LogP contribution in [-0.2, 0) is 23.9 Å². The number of cyclic esters (lactones) is 1. The minimum absolute atomic E-state index is 0.0258. The summed E-state index contributed by atoms with van der Waals surface area (Å²) in [5.41, 5.74) is 0.305. The number of likely N-dealkylation sites (tertiary alicyclic amines) is 1. The van der Waals surface area contributed by atoms with E-state index >= 15 is 0 Å². The van der Waals surface area contributed by atoms with Gasteiger partial charge in [-0.05, 0) is 37.5 Å². The molecular weight excluding hydrogens is 436 g/mol. The fraction of sp³-hybridized carbons (Fsp3) is 0.500. The molecule has 4 aliphatic rings. The summed E-state index contributed by atoms with van der Waals surface area (Å²) in [5, 5.41) is 9.77. The van der Waals surface area contributed by atoms with E-state index in [9.17, 15) is 19.5 Å². The number of aryl methyl sites for hydroxylation is 2. The highest BCUT2D eigenvalue weighted by Crippen LogP contribution is 2.58. The Morgan fingerprint density at radius 3 is 2.47 bits per heavy atom. The molecule has 1 aromatic rings. The number of rotatable bonds is 4. The molecule has 8 nitrogen and oxygen atoms in total. The predicted octanol–water partition coefficient (Wildman–Crippen LogP) is 1.67. The molecule has 0 bridgehead atoms. The molecular formula is C26H30N2O6. The number of aliphatic hydroxyl groups is 1. The second kappa shape index (κ2) is 8.06. The molecule has 5 rings (SSSR count). The van der Waals surface area contributed by atoms with Gasteiger partial charge in [0, 0.05) is 18.8 Å². The average molecular weight is 467 g/mol. The van der Waals surface area contributed by atoms with Gasteiger partial charge < -0.3 is 24.4 Å². The lowest BCUT2D eigenvalue weighted by molar-refractivity contribution is -0.157. The van der Waals surface area contributed by atoms with Gasteiger partial charge in [-0.15, -0.1) is 0 Å². The standard InChI is InChI=1S/C26H30N2O6/c1-4-25-10-7-15-33-24(32)19(25)18-22(30)28(13-14-29)21-23(31)27(12-6-11-26(18,21)34-25)20-16(2)8-5-9-17(20)3/h5-11,18-19,21,29H,4,12-15H2,1-3H3/t18-,19-,21?,25+,26-/m0/s1. The number of carbonyl (C=O) groups is 3. The Morgan fingerprint density at radius 2 is 1.79 bits per heavy atom. The molecule has 0 saturated carbocycles. The van der Waals surface area contributed by atoms with Crippen LogP contribution in [0.15, 0.2) is 42.5 Å². The van der Waals surface area contributed by atoms with E-state index < -0.39 is 35.0 Å². The third-order valence-corrected chi connectivity index (χ3v) is 7.75. The van der Waals surface area contributed by atoms with Gasteiger partial charge in [0.05, 0.1) is 12.5 Å². The van der Waals surface area contributed by atoms with Gasteiger partial charge in [-0.25, -0.2) is 0 Å². The van der Waals surface area contributed by atoms with E-state index in [4.69, 9.17) is 9.47 Å². The van der Waals surface area contributed by atoms with Gasteiger partial charge in [0.1, 0.15) is 29.8 Å². The molecule has 34 heavy (non-hydrogen) atoms. The Bertz CT molecular complexity index is 1090. The van der Waals surface area contributed by atoms with Gasteiger partial charge >= 0.3 is 5.97 Å². The second-order valence-corrected chi connectivity index (χ2v) is 9.50. The number of anilines is 1. The molecule has 8 heteroatoms. The van der Waals surface area contributed by atoms with Crippen molar-refractivity contribution in [3.63, 3.8) is 0 Å².